The lowest BCUT2D eigenvalue weighted by molar-refractivity contribution is -0.123. The highest BCUT2D eigenvalue weighted by atomic mass is 35.6. The molecule has 2 aromatic rings. The molecule has 5 nitrogen and oxygen atoms in total. The van der Waals surface area contributed by atoms with Crippen LogP contribution in [0, 0.1) is 13.8 Å². The predicted molar refractivity (Wildman–Crippen MR) is 129 cm³/mol. The lowest BCUT2D eigenvalue weighted by Gasteiger charge is -2.28. The number of halogens is 3. The van der Waals surface area contributed by atoms with Crippen molar-refractivity contribution in [2.45, 2.75) is 37.2 Å². The summed E-state index contributed by atoms with van der Waals surface area (Å²) in [6.45, 7) is 5.75. The normalized spacial score (nSPS) is 12.1. The third-order valence-electron chi connectivity index (χ3n) is 4.25. The van der Waals surface area contributed by atoms with E-state index < -0.39 is 15.9 Å². The second-order valence-electron chi connectivity index (χ2n) is 6.75. The fourth-order valence-corrected chi connectivity index (χ4v) is 3.09. The average molecular weight is 489 g/mol. The molecule has 0 bridgehead atoms. The topological polar surface area (TPSA) is 62.4 Å². The van der Waals surface area contributed by atoms with Gasteiger partial charge in [-0.15, -0.1) is 0 Å². The summed E-state index contributed by atoms with van der Waals surface area (Å²) in [6.07, 6.45) is -0.140. The van der Waals surface area contributed by atoms with Gasteiger partial charge in [0.25, 0.3) is 5.91 Å². The van der Waals surface area contributed by atoms with E-state index in [1.165, 1.54) is 5.56 Å². The number of benzene rings is 2. The molecule has 2 rings (SSSR count). The SMILES string of the molecule is CCc1ccc(OCC(=O)NC(NC(=S)Nc2cc(C)ccc2C)C(Cl)(Cl)Cl)cc1. The molecule has 1 atom stereocenters. The van der Waals surface area contributed by atoms with Crippen LogP contribution in [0.2, 0.25) is 0 Å². The van der Waals surface area contributed by atoms with Crippen molar-refractivity contribution in [2.24, 2.45) is 0 Å². The van der Waals surface area contributed by atoms with Crippen molar-refractivity contribution in [1.82, 2.24) is 10.6 Å². The van der Waals surface area contributed by atoms with Crippen LogP contribution < -0.4 is 20.7 Å². The van der Waals surface area contributed by atoms with Gasteiger partial charge in [-0.2, -0.15) is 0 Å². The van der Waals surface area contributed by atoms with E-state index >= 15 is 0 Å². The molecule has 9 heteroatoms. The van der Waals surface area contributed by atoms with Crippen LogP contribution in [0.4, 0.5) is 5.69 Å². The smallest absolute Gasteiger partial charge is 0.259 e. The Morgan fingerprint density at radius 1 is 1.10 bits per heavy atom. The molecule has 0 heterocycles. The monoisotopic (exact) mass is 487 g/mol. The number of carbonyl (C=O) groups excluding carboxylic acids is 1. The number of aryl methyl sites for hydroxylation is 3. The number of carbonyl (C=O) groups is 1. The zero-order chi connectivity index (χ0) is 22.3. The number of alkyl halides is 3. The van der Waals surface area contributed by atoms with Crippen molar-refractivity contribution < 1.29 is 9.53 Å². The summed E-state index contributed by atoms with van der Waals surface area (Å²) in [5.41, 5.74) is 4.07. The van der Waals surface area contributed by atoms with Crippen molar-refractivity contribution in [1.29, 1.82) is 0 Å². The van der Waals surface area contributed by atoms with Gasteiger partial charge in [-0.3, -0.25) is 4.79 Å². The molecule has 0 spiro atoms. The van der Waals surface area contributed by atoms with Crippen LogP contribution in [0.15, 0.2) is 42.5 Å². The van der Waals surface area contributed by atoms with Gasteiger partial charge in [0, 0.05) is 5.69 Å². The molecule has 1 amide bonds. The molecule has 1 unspecified atom stereocenters. The van der Waals surface area contributed by atoms with Gasteiger partial charge in [0.05, 0.1) is 0 Å². The minimum absolute atomic E-state index is 0.205. The molecular weight excluding hydrogens is 465 g/mol. The van der Waals surface area contributed by atoms with Gasteiger partial charge >= 0.3 is 0 Å². The molecule has 0 aliphatic heterocycles. The largest absolute Gasteiger partial charge is 0.484 e. The predicted octanol–water partition coefficient (Wildman–Crippen LogP) is 5.04. The Hall–Kier alpha value is -1.73. The molecule has 3 N–H and O–H groups in total. The summed E-state index contributed by atoms with van der Waals surface area (Å²) in [5, 5.41) is 8.69. The van der Waals surface area contributed by atoms with Crippen molar-refractivity contribution in [3.63, 3.8) is 0 Å². The lowest BCUT2D eigenvalue weighted by Crippen LogP contribution is -2.57. The highest BCUT2D eigenvalue weighted by molar-refractivity contribution is 7.80. The van der Waals surface area contributed by atoms with Crippen molar-refractivity contribution >= 4 is 63.7 Å². The van der Waals surface area contributed by atoms with E-state index in [4.69, 9.17) is 51.8 Å². The summed E-state index contributed by atoms with van der Waals surface area (Å²) in [5.74, 6) is 0.112. The Kier molecular flexibility index (Phi) is 9.04. The van der Waals surface area contributed by atoms with E-state index in [-0.39, 0.29) is 11.7 Å². The van der Waals surface area contributed by atoms with E-state index in [9.17, 15) is 4.79 Å². The van der Waals surface area contributed by atoms with Crippen molar-refractivity contribution in [3.8, 4) is 5.75 Å². The van der Waals surface area contributed by atoms with Gasteiger partial charge in [-0.05, 0) is 67.4 Å². The summed E-state index contributed by atoms with van der Waals surface area (Å²) in [7, 11) is 0. The highest BCUT2D eigenvalue weighted by Crippen LogP contribution is 2.29. The van der Waals surface area contributed by atoms with E-state index in [0.29, 0.717) is 5.75 Å². The molecule has 0 aliphatic carbocycles. The first-order valence-electron chi connectivity index (χ1n) is 9.31. The van der Waals surface area contributed by atoms with E-state index in [1.807, 2.05) is 44.2 Å². The number of rotatable bonds is 7. The number of thiocarbonyl (C=S) groups is 1. The van der Waals surface area contributed by atoms with E-state index in [1.54, 1.807) is 12.1 Å². The molecule has 30 heavy (non-hydrogen) atoms. The Morgan fingerprint density at radius 2 is 1.77 bits per heavy atom. The Balaban J connectivity index is 1.95. The minimum Gasteiger partial charge on any atom is -0.484 e. The van der Waals surface area contributed by atoms with E-state index in [2.05, 4.69) is 22.9 Å². The third kappa shape index (κ3) is 7.84. The Labute approximate surface area is 197 Å². The summed E-state index contributed by atoms with van der Waals surface area (Å²) in [6, 6.07) is 13.4. The number of hydrogen-bond donors (Lipinski definition) is 3. The van der Waals surface area contributed by atoms with Gasteiger partial charge in [0.15, 0.2) is 11.7 Å². The molecule has 0 saturated heterocycles. The zero-order valence-electron chi connectivity index (χ0n) is 16.9. The summed E-state index contributed by atoms with van der Waals surface area (Å²) < 4.78 is 3.65. The van der Waals surface area contributed by atoms with Crippen molar-refractivity contribution in [3.05, 3.63) is 59.2 Å². The highest BCUT2D eigenvalue weighted by Gasteiger charge is 2.34. The van der Waals surface area contributed by atoms with Gasteiger partial charge in [0.2, 0.25) is 3.79 Å². The second kappa shape index (κ2) is 11.0. The van der Waals surface area contributed by atoms with Crippen LogP contribution in [0.3, 0.4) is 0 Å². The number of amides is 1. The maximum absolute atomic E-state index is 12.3. The molecule has 0 aliphatic rings. The quantitative estimate of drug-likeness (QED) is 0.289. The van der Waals surface area contributed by atoms with E-state index in [0.717, 1.165) is 23.2 Å². The first-order chi connectivity index (χ1) is 14.1. The Bertz CT molecular complexity index is 886. The van der Waals surface area contributed by atoms with Crippen molar-refractivity contribution in [2.75, 3.05) is 11.9 Å². The maximum Gasteiger partial charge on any atom is 0.259 e. The third-order valence-corrected chi connectivity index (χ3v) is 5.13. The average Bonchev–Trinajstić information content (AvgIpc) is 2.68. The van der Waals surface area contributed by atoms with Gasteiger partial charge in [-0.25, -0.2) is 0 Å². The summed E-state index contributed by atoms with van der Waals surface area (Å²) in [4.78, 5) is 12.3. The molecule has 162 valence electrons. The van der Waals surface area contributed by atoms with Gasteiger partial charge in [-0.1, -0.05) is 66.0 Å². The molecule has 2 aromatic carbocycles. The standard InChI is InChI=1S/C21H24Cl3N3O2S/c1-4-15-7-9-16(10-8-15)29-12-18(28)26-19(21(22,23)24)27-20(30)25-17-11-13(2)5-6-14(17)3/h5-11,19H,4,12H2,1-3H3,(H,26,28)(H2,25,27,30). The molecule has 0 saturated carbocycles. The zero-order valence-corrected chi connectivity index (χ0v) is 20.0. The first-order valence-corrected chi connectivity index (χ1v) is 10.8. The van der Waals surface area contributed by atoms with Gasteiger partial charge < -0.3 is 20.7 Å². The fourth-order valence-electron chi connectivity index (χ4n) is 2.53. The van der Waals surface area contributed by atoms with Crippen LogP contribution in [0.1, 0.15) is 23.6 Å². The lowest BCUT2D eigenvalue weighted by atomic mass is 10.1. The van der Waals surface area contributed by atoms with Crippen LogP contribution in [0.5, 0.6) is 5.75 Å². The molecule has 0 aromatic heterocycles. The Morgan fingerprint density at radius 3 is 2.37 bits per heavy atom. The maximum atomic E-state index is 12.3. The van der Waals surface area contributed by atoms with Gasteiger partial charge in [0.1, 0.15) is 11.9 Å². The van der Waals surface area contributed by atoms with Crippen LogP contribution in [-0.2, 0) is 11.2 Å². The molecule has 0 fully saturated rings. The van der Waals surface area contributed by atoms with Crippen LogP contribution in [-0.4, -0.2) is 27.6 Å². The molecular formula is C21H24Cl3N3O2S. The van der Waals surface area contributed by atoms with Crippen LogP contribution >= 0.6 is 47.0 Å². The number of nitrogens with one attached hydrogen (secondary N) is 3. The number of anilines is 1. The second-order valence-corrected chi connectivity index (χ2v) is 9.52. The summed E-state index contributed by atoms with van der Waals surface area (Å²) >= 11 is 23.4. The first kappa shape index (κ1) is 24.5. The minimum atomic E-state index is -1.84. The number of ether oxygens (including phenoxy) is 1. The molecule has 0 radical (unpaired) electrons. The fraction of sp³-hybridized carbons (Fsp3) is 0.333. The van der Waals surface area contributed by atoms with Crippen LogP contribution in [0.25, 0.3) is 0 Å². The number of hydrogen-bond acceptors (Lipinski definition) is 3.